The van der Waals surface area contributed by atoms with E-state index in [1.165, 1.54) is 5.48 Å². The molecule has 2 amide bonds. The molecule has 1 aromatic carbocycles. The average molecular weight is 316 g/mol. The van der Waals surface area contributed by atoms with Gasteiger partial charge in [-0.2, -0.15) is 0 Å². The predicted molar refractivity (Wildman–Crippen MR) is 85.2 cm³/mol. The van der Waals surface area contributed by atoms with E-state index in [1.54, 1.807) is 6.08 Å². The van der Waals surface area contributed by atoms with E-state index in [2.05, 4.69) is 5.32 Å². The first-order valence-electron chi connectivity index (χ1n) is 7.38. The third-order valence-corrected chi connectivity index (χ3v) is 3.84. The molecule has 6 heteroatoms. The van der Waals surface area contributed by atoms with Gasteiger partial charge in [0.1, 0.15) is 6.04 Å². The van der Waals surface area contributed by atoms with Crippen LogP contribution < -0.4 is 10.8 Å². The topological polar surface area (TPSA) is 98.7 Å². The van der Waals surface area contributed by atoms with Gasteiger partial charge in [-0.25, -0.2) is 5.48 Å². The molecule has 0 aromatic heterocycles. The van der Waals surface area contributed by atoms with Gasteiger partial charge < -0.3 is 10.4 Å². The van der Waals surface area contributed by atoms with E-state index in [-0.39, 0.29) is 5.92 Å². The number of amides is 2. The SMILES string of the molecule is CC1CC(c2ccccc2)=CC=C1C(=O)NC(CO)C(=O)NO. The van der Waals surface area contributed by atoms with Crippen LogP contribution in [0.1, 0.15) is 18.9 Å². The Balaban J connectivity index is 2.13. The molecule has 2 rings (SSSR count). The summed E-state index contributed by atoms with van der Waals surface area (Å²) in [6.45, 7) is 1.34. The molecule has 1 aliphatic rings. The Labute approximate surface area is 134 Å². The first kappa shape index (κ1) is 16.9. The molecule has 0 fully saturated rings. The van der Waals surface area contributed by atoms with Gasteiger partial charge in [0, 0.05) is 5.57 Å². The number of aliphatic hydroxyl groups is 1. The Morgan fingerprint density at radius 1 is 1.26 bits per heavy atom. The molecule has 0 aliphatic heterocycles. The predicted octanol–water partition coefficient (Wildman–Crippen LogP) is 1.02. The fourth-order valence-corrected chi connectivity index (χ4v) is 2.54. The number of aliphatic hydroxyl groups excluding tert-OH is 1. The molecule has 2 unspecified atom stereocenters. The summed E-state index contributed by atoms with van der Waals surface area (Å²) >= 11 is 0. The highest BCUT2D eigenvalue weighted by Gasteiger charge is 2.25. The Morgan fingerprint density at radius 2 is 1.96 bits per heavy atom. The van der Waals surface area contributed by atoms with E-state index in [1.807, 2.05) is 43.3 Å². The molecule has 0 saturated carbocycles. The highest BCUT2D eigenvalue weighted by atomic mass is 16.5. The number of benzene rings is 1. The van der Waals surface area contributed by atoms with Crippen molar-refractivity contribution in [2.45, 2.75) is 19.4 Å². The minimum atomic E-state index is -1.18. The second kappa shape index (κ2) is 7.71. The number of carbonyl (C=O) groups excluding carboxylic acids is 2. The van der Waals surface area contributed by atoms with Gasteiger partial charge in [-0.15, -0.1) is 0 Å². The van der Waals surface area contributed by atoms with Crippen molar-refractivity contribution in [3.05, 3.63) is 53.6 Å². The smallest absolute Gasteiger partial charge is 0.268 e. The second-order valence-electron chi connectivity index (χ2n) is 5.47. The maximum absolute atomic E-state index is 12.3. The molecule has 0 saturated heterocycles. The van der Waals surface area contributed by atoms with Gasteiger partial charge >= 0.3 is 0 Å². The third-order valence-electron chi connectivity index (χ3n) is 3.84. The fourth-order valence-electron chi connectivity index (χ4n) is 2.54. The van der Waals surface area contributed by atoms with Crippen LogP contribution in [0, 0.1) is 5.92 Å². The number of rotatable bonds is 5. The van der Waals surface area contributed by atoms with E-state index < -0.39 is 24.5 Å². The van der Waals surface area contributed by atoms with E-state index in [0.29, 0.717) is 12.0 Å². The molecular formula is C17H20N2O4. The van der Waals surface area contributed by atoms with Crippen LogP contribution in [0.5, 0.6) is 0 Å². The summed E-state index contributed by atoms with van der Waals surface area (Å²) in [4.78, 5) is 23.6. The zero-order valence-electron chi connectivity index (χ0n) is 12.8. The quantitative estimate of drug-likeness (QED) is 0.481. The van der Waals surface area contributed by atoms with Crippen molar-refractivity contribution in [1.29, 1.82) is 0 Å². The number of hydroxylamine groups is 1. The summed E-state index contributed by atoms with van der Waals surface area (Å²) in [5.41, 5.74) is 4.21. The van der Waals surface area contributed by atoms with Crippen molar-refractivity contribution in [3.63, 3.8) is 0 Å². The van der Waals surface area contributed by atoms with Crippen molar-refractivity contribution in [2.75, 3.05) is 6.61 Å². The minimum Gasteiger partial charge on any atom is -0.394 e. The lowest BCUT2D eigenvalue weighted by Gasteiger charge is -2.23. The summed E-state index contributed by atoms with van der Waals surface area (Å²) in [6.07, 6.45) is 4.33. The van der Waals surface area contributed by atoms with Crippen LogP contribution in [0.4, 0.5) is 0 Å². The third kappa shape index (κ3) is 4.06. The normalized spacial score (nSPS) is 18.5. The van der Waals surface area contributed by atoms with Crippen LogP contribution in [-0.4, -0.2) is 34.8 Å². The number of hydrogen-bond donors (Lipinski definition) is 4. The van der Waals surface area contributed by atoms with Gasteiger partial charge in [0.05, 0.1) is 6.61 Å². The van der Waals surface area contributed by atoms with Crippen LogP contribution in [0.2, 0.25) is 0 Å². The van der Waals surface area contributed by atoms with Crippen molar-refractivity contribution in [2.24, 2.45) is 5.92 Å². The van der Waals surface area contributed by atoms with Crippen LogP contribution in [0.25, 0.3) is 5.57 Å². The molecule has 0 bridgehead atoms. The zero-order valence-corrected chi connectivity index (χ0v) is 12.8. The molecule has 1 aliphatic carbocycles. The first-order valence-corrected chi connectivity index (χ1v) is 7.38. The number of nitrogens with one attached hydrogen (secondary N) is 2. The largest absolute Gasteiger partial charge is 0.394 e. The van der Waals surface area contributed by atoms with Crippen LogP contribution in [0.15, 0.2) is 48.1 Å². The van der Waals surface area contributed by atoms with E-state index in [9.17, 15) is 9.59 Å². The summed E-state index contributed by atoms with van der Waals surface area (Å²) in [7, 11) is 0. The van der Waals surface area contributed by atoms with Gasteiger partial charge in [0.2, 0.25) is 5.91 Å². The van der Waals surface area contributed by atoms with Gasteiger partial charge in [-0.3, -0.25) is 14.8 Å². The minimum absolute atomic E-state index is 0.0215. The molecule has 0 radical (unpaired) electrons. The van der Waals surface area contributed by atoms with Crippen LogP contribution in [-0.2, 0) is 9.59 Å². The summed E-state index contributed by atoms with van der Waals surface area (Å²) < 4.78 is 0. The highest BCUT2D eigenvalue weighted by molar-refractivity contribution is 5.98. The molecule has 23 heavy (non-hydrogen) atoms. The Morgan fingerprint density at radius 3 is 2.52 bits per heavy atom. The Hall–Kier alpha value is -2.44. The fraction of sp³-hybridized carbons (Fsp3) is 0.294. The van der Waals surface area contributed by atoms with Crippen molar-refractivity contribution in [1.82, 2.24) is 10.8 Å². The molecule has 0 spiro atoms. The van der Waals surface area contributed by atoms with Crippen molar-refractivity contribution in [3.8, 4) is 0 Å². The number of hydrogen-bond acceptors (Lipinski definition) is 4. The first-order chi connectivity index (χ1) is 11.1. The Bertz CT molecular complexity index is 637. The van der Waals surface area contributed by atoms with E-state index >= 15 is 0 Å². The highest BCUT2D eigenvalue weighted by Crippen LogP contribution is 2.31. The molecule has 122 valence electrons. The van der Waals surface area contributed by atoms with Gasteiger partial charge in [-0.05, 0) is 23.5 Å². The molecule has 1 aromatic rings. The van der Waals surface area contributed by atoms with Gasteiger partial charge in [0.25, 0.3) is 5.91 Å². The van der Waals surface area contributed by atoms with Gasteiger partial charge in [0.15, 0.2) is 0 Å². The maximum Gasteiger partial charge on any atom is 0.268 e. The summed E-state index contributed by atoms with van der Waals surface area (Å²) in [5, 5.41) is 20.1. The standard InChI is InChI=1S/C17H20N2O4/c1-11-9-13(12-5-3-2-4-6-12)7-8-14(11)16(21)18-15(10-20)17(22)19-23/h2-8,11,15,20,23H,9-10H2,1H3,(H,18,21)(H,19,22). The zero-order chi connectivity index (χ0) is 16.8. The lowest BCUT2D eigenvalue weighted by atomic mass is 9.85. The average Bonchev–Trinajstić information content (AvgIpc) is 2.59. The lowest BCUT2D eigenvalue weighted by molar-refractivity contribution is -0.135. The molecule has 4 N–H and O–H groups in total. The van der Waals surface area contributed by atoms with Gasteiger partial charge in [-0.1, -0.05) is 49.4 Å². The monoisotopic (exact) mass is 316 g/mol. The Kier molecular flexibility index (Phi) is 5.67. The molecule has 2 atom stereocenters. The van der Waals surface area contributed by atoms with Crippen LogP contribution >= 0.6 is 0 Å². The molecule has 0 heterocycles. The number of allylic oxidation sites excluding steroid dienone is 3. The molecular weight excluding hydrogens is 296 g/mol. The number of carbonyl (C=O) groups is 2. The van der Waals surface area contributed by atoms with E-state index in [0.717, 1.165) is 11.1 Å². The maximum atomic E-state index is 12.3. The summed E-state index contributed by atoms with van der Waals surface area (Å²) in [6, 6.07) is 8.74. The summed E-state index contributed by atoms with van der Waals surface area (Å²) in [5.74, 6) is -1.30. The second-order valence-corrected chi connectivity index (χ2v) is 5.47. The van der Waals surface area contributed by atoms with Crippen molar-refractivity contribution < 1.29 is 19.9 Å². The van der Waals surface area contributed by atoms with Crippen LogP contribution in [0.3, 0.4) is 0 Å². The van der Waals surface area contributed by atoms with E-state index in [4.69, 9.17) is 10.3 Å². The molecule has 6 nitrogen and oxygen atoms in total. The lowest BCUT2D eigenvalue weighted by Crippen LogP contribution is -2.49. The van der Waals surface area contributed by atoms with Crippen molar-refractivity contribution >= 4 is 17.4 Å².